The van der Waals surface area contributed by atoms with Gasteiger partial charge in [0.25, 0.3) is 0 Å². The number of rotatable bonds is 6. The molecule has 3 N–H and O–H groups in total. The lowest BCUT2D eigenvalue weighted by atomic mass is 10.0. The summed E-state index contributed by atoms with van der Waals surface area (Å²) in [4.78, 5) is 0. The average molecular weight is 307 g/mol. The highest BCUT2D eigenvalue weighted by molar-refractivity contribution is 6.31. The molecule has 5 heteroatoms. The molecule has 0 saturated heterocycles. The van der Waals surface area contributed by atoms with E-state index in [1.807, 2.05) is 4.68 Å². The monoisotopic (exact) mass is 306 g/mol. The van der Waals surface area contributed by atoms with E-state index in [9.17, 15) is 0 Å². The topological polar surface area (TPSA) is 55.9 Å². The largest absolute Gasteiger partial charge is 0.271 e. The Balaban J connectivity index is 2.13. The minimum atomic E-state index is -0.0105. The molecular formula is C16H23ClN4. The third kappa shape index (κ3) is 3.84. The van der Waals surface area contributed by atoms with Crippen LogP contribution >= 0.6 is 11.6 Å². The second-order valence-electron chi connectivity index (χ2n) is 5.66. The van der Waals surface area contributed by atoms with Crippen LogP contribution in [0.1, 0.15) is 49.2 Å². The SMILES string of the molecule is Cc1ccc(CCC(NN)c2c(Cl)cnn2C(C)C)cc1. The first-order valence-corrected chi connectivity index (χ1v) is 7.65. The molecule has 0 saturated carbocycles. The minimum Gasteiger partial charge on any atom is -0.271 e. The lowest BCUT2D eigenvalue weighted by Gasteiger charge is -2.20. The molecule has 0 spiro atoms. The Morgan fingerprint density at radius 3 is 2.52 bits per heavy atom. The first-order chi connectivity index (χ1) is 10.0. The molecule has 2 aromatic rings. The maximum Gasteiger partial charge on any atom is 0.0834 e. The van der Waals surface area contributed by atoms with Gasteiger partial charge in [-0.2, -0.15) is 5.10 Å². The van der Waals surface area contributed by atoms with Gasteiger partial charge in [-0.15, -0.1) is 0 Å². The van der Waals surface area contributed by atoms with Crippen LogP contribution in [0.15, 0.2) is 30.5 Å². The summed E-state index contributed by atoms with van der Waals surface area (Å²) in [5.41, 5.74) is 6.41. The van der Waals surface area contributed by atoms with Crippen molar-refractivity contribution >= 4 is 11.6 Å². The van der Waals surface area contributed by atoms with Crippen molar-refractivity contribution in [1.82, 2.24) is 15.2 Å². The smallest absolute Gasteiger partial charge is 0.0834 e. The maximum atomic E-state index is 6.29. The molecule has 1 aromatic heterocycles. The van der Waals surface area contributed by atoms with E-state index in [1.54, 1.807) is 6.20 Å². The average Bonchev–Trinajstić information content (AvgIpc) is 2.84. The van der Waals surface area contributed by atoms with Crippen molar-refractivity contribution in [2.24, 2.45) is 5.84 Å². The zero-order valence-corrected chi connectivity index (χ0v) is 13.6. The lowest BCUT2D eigenvalue weighted by molar-refractivity contribution is 0.433. The molecule has 4 nitrogen and oxygen atoms in total. The van der Waals surface area contributed by atoms with E-state index >= 15 is 0 Å². The summed E-state index contributed by atoms with van der Waals surface area (Å²) in [6.45, 7) is 6.26. The zero-order chi connectivity index (χ0) is 15.4. The fourth-order valence-electron chi connectivity index (χ4n) is 2.45. The molecule has 0 amide bonds. The molecule has 0 aliphatic rings. The van der Waals surface area contributed by atoms with Crippen molar-refractivity contribution in [1.29, 1.82) is 0 Å². The fraction of sp³-hybridized carbons (Fsp3) is 0.438. The van der Waals surface area contributed by atoms with Gasteiger partial charge in [0.05, 0.1) is 23.0 Å². The van der Waals surface area contributed by atoms with Crippen molar-refractivity contribution in [3.8, 4) is 0 Å². The number of halogens is 1. The van der Waals surface area contributed by atoms with Gasteiger partial charge in [-0.05, 0) is 39.2 Å². The molecule has 0 radical (unpaired) electrons. The molecule has 0 aliphatic heterocycles. The first-order valence-electron chi connectivity index (χ1n) is 7.27. The second-order valence-corrected chi connectivity index (χ2v) is 6.07. The van der Waals surface area contributed by atoms with E-state index in [4.69, 9.17) is 17.4 Å². The number of hydrogen-bond donors (Lipinski definition) is 2. The molecule has 1 heterocycles. The van der Waals surface area contributed by atoms with Crippen LogP contribution in [0.5, 0.6) is 0 Å². The highest BCUT2D eigenvalue weighted by Gasteiger charge is 2.20. The third-order valence-electron chi connectivity index (χ3n) is 3.65. The number of hydrogen-bond acceptors (Lipinski definition) is 3. The number of nitrogens with two attached hydrogens (primary N) is 1. The fourth-order valence-corrected chi connectivity index (χ4v) is 2.71. The molecule has 1 atom stereocenters. The predicted molar refractivity (Wildman–Crippen MR) is 87.2 cm³/mol. The summed E-state index contributed by atoms with van der Waals surface area (Å²) >= 11 is 6.29. The van der Waals surface area contributed by atoms with Crippen molar-refractivity contribution in [3.63, 3.8) is 0 Å². The van der Waals surface area contributed by atoms with Crippen LogP contribution in [-0.2, 0) is 6.42 Å². The van der Waals surface area contributed by atoms with Gasteiger partial charge >= 0.3 is 0 Å². The van der Waals surface area contributed by atoms with Gasteiger partial charge < -0.3 is 0 Å². The number of hydrazine groups is 1. The molecule has 2 rings (SSSR count). The molecular weight excluding hydrogens is 284 g/mol. The normalized spacial score (nSPS) is 12.9. The van der Waals surface area contributed by atoms with Crippen LogP contribution in [0.4, 0.5) is 0 Å². The minimum absolute atomic E-state index is 0.0105. The van der Waals surface area contributed by atoms with E-state index in [1.165, 1.54) is 11.1 Å². The highest BCUT2D eigenvalue weighted by Crippen LogP contribution is 2.28. The molecule has 1 unspecified atom stereocenters. The molecule has 0 aliphatic carbocycles. The van der Waals surface area contributed by atoms with Crippen LogP contribution in [0.25, 0.3) is 0 Å². The van der Waals surface area contributed by atoms with Gasteiger partial charge in [-0.25, -0.2) is 0 Å². The van der Waals surface area contributed by atoms with Crippen molar-refractivity contribution in [3.05, 3.63) is 52.3 Å². The molecule has 0 bridgehead atoms. The number of aryl methyl sites for hydroxylation is 2. The van der Waals surface area contributed by atoms with Crippen molar-refractivity contribution < 1.29 is 0 Å². The summed E-state index contributed by atoms with van der Waals surface area (Å²) in [5.74, 6) is 5.74. The van der Waals surface area contributed by atoms with Crippen molar-refractivity contribution in [2.75, 3.05) is 0 Å². The number of nitrogens with zero attached hydrogens (tertiary/aromatic N) is 2. The van der Waals surface area contributed by atoms with E-state index < -0.39 is 0 Å². The van der Waals surface area contributed by atoms with Crippen LogP contribution in [-0.4, -0.2) is 9.78 Å². The van der Waals surface area contributed by atoms with Crippen molar-refractivity contribution in [2.45, 2.75) is 45.7 Å². The summed E-state index contributed by atoms with van der Waals surface area (Å²) in [7, 11) is 0. The van der Waals surface area contributed by atoms with Crippen LogP contribution in [0, 0.1) is 6.92 Å². The van der Waals surface area contributed by atoms with Crippen LogP contribution in [0.2, 0.25) is 5.02 Å². The maximum absolute atomic E-state index is 6.29. The van der Waals surface area contributed by atoms with Gasteiger partial charge in [0.15, 0.2) is 0 Å². The Labute approximate surface area is 131 Å². The van der Waals surface area contributed by atoms with Crippen LogP contribution in [0.3, 0.4) is 0 Å². The molecule has 1 aromatic carbocycles. The zero-order valence-electron chi connectivity index (χ0n) is 12.8. The van der Waals surface area contributed by atoms with Crippen LogP contribution < -0.4 is 11.3 Å². The summed E-state index contributed by atoms with van der Waals surface area (Å²) < 4.78 is 1.93. The quantitative estimate of drug-likeness (QED) is 0.634. The van der Waals surface area contributed by atoms with E-state index in [2.05, 4.69) is 55.6 Å². The summed E-state index contributed by atoms with van der Waals surface area (Å²) in [6, 6.07) is 8.82. The number of benzene rings is 1. The third-order valence-corrected chi connectivity index (χ3v) is 3.94. The van der Waals surface area contributed by atoms with Gasteiger partial charge in [0.2, 0.25) is 0 Å². The molecule has 21 heavy (non-hydrogen) atoms. The summed E-state index contributed by atoms with van der Waals surface area (Å²) in [5, 5.41) is 5.00. The van der Waals surface area contributed by atoms with Gasteiger partial charge in [-0.3, -0.25) is 16.0 Å². The molecule has 0 fully saturated rings. The summed E-state index contributed by atoms with van der Waals surface area (Å²) in [6.07, 6.45) is 3.50. The second kappa shape index (κ2) is 7.07. The van der Waals surface area contributed by atoms with E-state index in [0.717, 1.165) is 18.5 Å². The molecule has 114 valence electrons. The Kier molecular flexibility index (Phi) is 5.39. The Morgan fingerprint density at radius 2 is 1.95 bits per heavy atom. The lowest BCUT2D eigenvalue weighted by Crippen LogP contribution is -2.31. The Hall–Kier alpha value is -1.36. The van der Waals surface area contributed by atoms with Gasteiger partial charge in [0.1, 0.15) is 0 Å². The van der Waals surface area contributed by atoms with E-state index in [0.29, 0.717) is 5.02 Å². The Bertz CT molecular complexity index is 574. The Morgan fingerprint density at radius 1 is 1.29 bits per heavy atom. The van der Waals surface area contributed by atoms with Gasteiger partial charge in [-0.1, -0.05) is 41.4 Å². The number of nitrogens with one attached hydrogen (secondary N) is 1. The predicted octanol–water partition coefficient (Wildman–Crippen LogP) is 3.56. The standard InChI is InChI=1S/C16H23ClN4/c1-11(2)21-16(14(17)10-19-21)15(20-18)9-8-13-6-4-12(3)5-7-13/h4-7,10-11,15,20H,8-9,18H2,1-3H3. The first kappa shape index (κ1) is 16.0. The highest BCUT2D eigenvalue weighted by atomic mass is 35.5. The van der Waals surface area contributed by atoms with Gasteiger partial charge in [0, 0.05) is 6.04 Å². The number of aromatic nitrogens is 2. The van der Waals surface area contributed by atoms with E-state index in [-0.39, 0.29) is 12.1 Å².